The summed E-state index contributed by atoms with van der Waals surface area (Å²) in [7, 11) is -3.61. The van der Waals surface area contributed by atoms with Crippen molar-refractivity contribution in [2.45, 2.75) is 24.5 Å². The number of thiophene rings is 1. The van der Waals surface area contributed by atoms with Crippen molar-refractivity contribution < 1.29 is 13.2 Å². The third-order valence-electron chi connectivity index (χ3n) is 4.28. The van der Waals surface area contributed by atoms with Gasteiger partial charge in [-0.2, -0.15) is 0 Å². The maximum atomic E-state index is 12.5. The van der Waals surface area contributed by atoms with Crippen molar-refractivity contribution in [3.63, 3.8) is 0 Å². The number of hydrogen-bond donors (Lipinski definition) is 1. The van der Waals surface area contributed by atoms with Gasteiger partial charge in [-0.25, -0.2) is 13.4 Å². The SMILES string of the molecule is CCc1ccc(S(=O)(=O)Nc2ccc(Oc3ccc(-n4ccnc4C)nn3)cc2)s1. The molecule has 0 unspecified atom stereocenters. The molecule has 4 aromatic rings. The van der Waals surface area contributed by atoms with Crippen LogP contribution in [0.1, 0.15) is 17.6 Å². The van der Waals surface area contributed by atoms with E-state index < -0.39 is 10.0 Å². The van der Waals surface area contributed by atoms with E-state index in [2.05, 4.69) is 19.9 Å². The zero-order chi connectivity index (χ0) is 21.1. The molecule has 0 fully saturated rings. The highest BCUT2D eigenvalue weighted by Gasteiger charge is 2.16. The Kier molecular flexibility index (Phi) is 5.51. The molecule has 1 aromatic carbocycles. The first-order valence-electron chi connectivity index (χ1n) is 9.18. The van der Waals surface area contributed by atoms with Gasteiger partial charge in [-0.15, -0.1) is 21.5 Å². The van der Waals surface area contributed by atoms with Crippen molar-refractivity contribution >= 4 is 27.0 Å². The van der Waals surface area contributed by atoms with E-state index >= 15 is 0 Å². The van der Waals surface area contributed by atoms with Crippen molar-refractivity contribution in [1.29, 1.82) is 0 Å². The Morgan fingerprint density at radius 1 is 1.07 bits per heavy atom. The lowest BCUT2D eigenvalue weighted by atomic mass is 10.3. The van der Waals surface area contributed by atoms with Gasteiger partial charge in [-0.1, -0.05) is 6.92 Å². The van der Waals surface area contributed by atoms with Crippen LogP contribution in [0, 0.1) is 6.92 Å². The zero-order valence-corrected chi connectivity index (χ0v) is 17.9. The van der Waals surface area contributed by atoms with Crippen LogP contribution in [-0.2, 0) is 16.4 Å². The molecule has 154 valence electrons. The highest BCUT2D eigenvalue weighted by atomic mass is 32.2. The number of ether oxygens (including phenoxy) is 1. The van der Waals surface area contributed by atoms with Gasteiger partial charge in [0.1, 0.15) is 15.8 Å². The Hall–Kier alpha value is -3.24. The van der Waals surface area contributed by atoms with E-state index in [1.54, 1.807) is 54.9 Å². The molecule has 10 heteroatoms. The molecular formula is C20H19N5O3S2. The molecule has 0 bridgehead atoms. The van der Waals surface area contributed by atoms with Crippen LogP contribution in [0.4, 0.5) is 5.69 Å². The average Bonchev–Trinajstić information content (AvgIpc) is 3.39. The van der Waals surface area contributed by atoms with E-state index in [4.69, 9.17) is 4.74 Å². The van der Waals surface area contributed by atoms with Crippen LogP contribution < -0.4 is 9.46 Å². The van der Waals surface area contributed by atoms with Crippen LogP contribution in [0.5, 0.6) is 11.6 Å². The third-order valence-corrected chi connectivity index (χ3v) is 7.38. The summed E-state index contributed by atoms with van der Waals surface area (Å²) in [4.78, 5) is 5.18. The van der Waals surface area contributed by atoms with Gasteiger partial charge in [0.25, 0.3) is 10.0 Å². The minimum Gasteiger partial charge on any atom is -0.438 e. The first-order valence-corrected chi connectivity index (χ1v) is 11.5. The Balaban J connectivity index is 1.43. The quantitative estimate of drug-likeness (QED) is 0.462. The molecular weight excluding hydrogens is 422 g/mol. The lowest BCUT2D eigenvalue weighted by Crippen LogP contribution is -2.11. The predicted octanol–water partition coefficient (Wildman–Crippen LogP) is 4.19. The summed E-state index contributed by atoms with van der Waals surface area (Å²) in [5, 5.41) is 8.22. The van der Waals surface area contributed by atoms with Gasteiger partial charge in [-0.05, 0) is 55.8 Å². The number of benzene rings is 1. The largest absolute Gasteiger partial charge is 0.438 e. The molecule has 8 nitrogen and oxygen atoms in total. The minimum atomic E-state index is -3.61. The highest BCUT2D eigenvalue weighted by Crippen LogP contribution is 2.26. The number of anilines is 1. The van der Waals surface area contributed by atoms with Crippen LogP contribution in [-0.4, -0.2) is 28.2 Å². The van der Waals surface area contributed by atoms with Gasteiger partial charge < -0.3 is 4.74 Å². The van der Waals surface area contributed by atoms with Crippen LogP contribution in [0.3, 0.4) is 0 Å². The van der Waals surface area contributed by atoms with Crippen molar-refractivity contribution in [2.24, 2.45) is 0 Å². The summed E-state index contributed by atoms with van der Waals surface area (Å²) in [6.45, 7) is 3.87. The van der Waals surface area contributed by atoms with E-state index in [0.717, 1.165) is 17.1 Å². The van der Waals surface area contributed by atoms with Gasteiger partial charge in [0.15, 0.2) is 5.82 Å². The normalized spacial score (nSPS) is 11.4. The Bertz CT molecular complexity index is 1250. The van der Waals surface area contributed by atoms with Crippen molar-refractivity contribution in [1.82, 2.24) is 19.7 Å². The fourth-order valence-electron chi connectivity index (χ4n) is 2.73. The van der Waals surface area contributed by atoms with Crippen molar-refractivity contribution in [3.8, 4) is 17.4 Å². The summed E-state index contributed by atoms with van der Waals surface area (Å²) < 4.78 is 35.4. The van der Waals surface area contributed by atoms with Crippen LogP contribution >= 0.6 is 11.3 Å². The Morgan fingerprint density at radius 3 is 2.47 bits per heavy atom. The molecule has 0 aliphatic carbocycles. The molecule has 0 saturated heterocycles. The van der Waals surface area contributed by atoms with E-state index in [1.165, 1.54) is 11.3 Å². The van der Waals surface area contributed by atoms with Gasteiger partial charge in [0.2, 0.25) is 5.88 Å². The van der Waals surface area contributed by atoms with Gasteiger partial charge in [-0.3, -0.25) is 9.29 Å². The number of aromatic nitrogens is 4. The molecule has 3 aromatic heterocycles. The monoisotopic (exact) mass is 441 g/mol. The number of sulfonamides is 1. The molecule has 1 N–H and O–H groups in total. The Morgan fingerprint density at radius 2 is 1.87 bits per heavy atom. The molecule has 0 amide bonds. The van der Waals surface area contributed by atoms with Gasteiger partial charge >= 0.3 is 0 Å². The standard InChI is InChI=1S/C20H19N5O3S2/c1-3-17-8-11-20(29-17)30(26,27)24-15-4-6-16(7-5-15)28-19-10-9-18(22-23-19)25-13-12-21-14(25)2/h4-13,24H,3H2,1-2H3. The molecule has 30 heavy (non-hydrogen) atoms. The smallest absolute Gasteiger partial charge is 0.271 e. The maximum Gasteiger partial charge on any atom is 0.271 e. The predicted molar refractivity (Wildman–Crippen MR) is 115 cm³/mol. The van der Waals surface area contributed by atoms with Crippen molar-refractivity contribution in [3.05, 3.63) is 71.6 Å². The number of rotatable bonds is 7. The van der Waals surface area contributed by atoms with Crippen LogP contribution in [0.2, 0.25) is 0 Å². The topological polar surface area (TPSA) is 99.0 Å². The summed E-state index contributed by atoms with van der Waals surface area (Å²) in [6, 6.07) is 13.5. The van der Waals surface area contributed by atoms with Crippen LogP contribution in [0.15, 0.2) is 65.1 Å². The zero-order valence-electron chi connectivity index (χ0n) is 16.3. The lowest BCUT2D eigenvalue weighted by Gasteiger charge is -2.08. The summed E-state index contributed by atoms with van der Waals surface area (Å²) in [5.74, 6) is 2.30. The van der Waals surface area contributed by atoms with Gasteiger partial charge in [0, 0.05) is 29.0 Å². The van der Waals surface area contributed by atoms with Crippen LogP contribution in [0.25, 0.3) is 5.82 Å². The fraction of sp³-hybridized carbons (Fsp3) is 0.150. The maximum absolute atomic E-state index is 12.5. The molecule has 0 atom stereocenters. The Labute approximate surface area is 178 Å². The second kappa shape index (κ2) is 8.25. The average molecular weight is 442 g/mol. The van der Waals surface area contributed by atoms with Gasteiger partial charge in [0.05, 0.1) is 0 Å². The fourth-order valence-corrected chi connectivity index (χ4v) is 5.08. The molecule has 3 heterocycles. The number of hydrogen-bond acceptors (Lipinski definition) is 7. The first-order chi connectivity index (χ1) is 14.4. The third kappa shape index (κ3) is 4.34. The summed E-state index contributed by atoms with van der Waals surface area (Å²) >= 11 is 1.27. The van der Waals surface area contributed by atoms with Crippen molar-refractivity contribution in [2.75, 3.05) is 4.72 Å². The molecule has 0 aliphatic rings. The van der Waals surface area contributed by atoms with E-state index in [1.807, 2.05) is 24.5 Å². The molecule has 0 aliphatic heterocycles. The molecule has 0 spiro atoms. The minimum absolute atomic E-state index is 0.295. The number of imidazole rings is 1. The summed E-state index contributed by atoms with van der Waals surface area (Å²) in [5.41, 5.74) is 0.450. The highest BCUT2D eigenvalue weighted by molar-refractivity contribution is 7.94. The second-order valence-electron chi connectivity index (χ2n) is 6.38. The molecule has 0 radical (unpaired) electrons. The number of nitrogens with zero attached hydrogens (tertiary/aromatic N) is 4. The molecule has 4 rings (SSSR count). The number of nitrogens with one attached hydrogen (secondary N) is 1. The van der Waals surface area contributed by atoms with E-state index in [0.29, 0.717) is 27.3 Å². The van der Waals surface area contributed by atoms with E-state index in [9.17, 15) is 8.42 Å². The second-order valence-corrected chi connectivity index (χ2v) is 9.46. The first kappa shape index (κ1) is 20.0. The molecule has 0 saturated carbocycles. The van der Waals surface area contributed by atoms with E-state index in [-0.39, 0.29) is 0 Å². The number of aryl methyl sites for hydroxylation is 2. The summed E-state index contributed by atoms with van der Waals surface area (Å²) in [6.07, 6.45) is 4.30. The lowest BCUT2D eigenvalue weighted by molar-refractivity contribution is 0.454.